The lowest BCUT2D eigenvalue weighted by molar-refractivity contribution is 0.0841. The van der Waals surface area contributed by atoms with Gasteiger partial charge in [-0.05, 0) is 43.5 Å². The van der Waals surface area contributed by atoms with E-state index in [1.807, 2.05) is 0 Å². The molecule has 2 saturated heterocycles. The Labute approximate surface area is 118 Å². The summed E-state index contributed by atoms with van der Waals surface area (Å²) in [6, 6.07) is 7.23. The van der Waals surface area contributed by atoms with Gasteiger partial charge in [0, 0.05) is 11.1 Å². The third-order valence-corrected chi connectivity index (χ3v) is 3.88. The molecular formula is C16H17NO3. The Morgan fingerprint density at radius 3 is 2.75 bits per heavy atom. The second-order valence-electron chi connectivity index (χ2n) is 5.23. The second-order valence-corrected chi connectivity index (χ2v) is 5.23. The first-order valence-corrected chi connectivity index (χ1v) is 6.92. The highest BCUT2D eigenvalue weighted by atomic mass is 16.5. The van der Waals surface area contributed by atoms with Crippen LogP contribution in [0.1, 0.15) is 35.2 Å². The predicted octanol–water partition coefficient (Wildman–Crippen LogP) is 1.08. The molecule has 2 fully saturated rings. The van der Waals surface area contributed by atoms with Gasteiger partial charge in [-0.2, -0.15) is 0 Å². The monoisotopic (exact) mass is 271 g/mol. The number of fused-ring (bicyclic) bond motifs is 2. The predicted molar refractivity (Wildman–Crippen MR) is 74.2 cm³/mol. The Balaban J connectivity index is 1.62. The molecule has 0 aliphatic carbocycles. The molecule has 1 aromatic rings. The summed E-state index contributed by atoms with van der Waals surface area (Å²) in [5.41, 5.74) is 1.42. The van der Waals surface area contributed by atoms with Crippen molar-refractivity contribution in [1.82, 2.24) is 5.32 Å². The maximum Gasteiger partial charge on any atom is 0.251 e. The molecule has 2 aliphatic heterocycles. The highest BCUT2D eigenvalue weighted by Gasteiger charge is 2.41. The second kappa shape index (κ2) is 5.66. The van der Waals surface area contributed by atoms with Gasteiger partial charge < -0.3 is 15.2 Å². The molecule has 2 bridgehead atoms. The molecule has 3 unspecified atom stereocenters. The van der Waals surface area contributed by atoms with Crippen LogP contribution in [-0.4, -0.2) is 35.9 Å². The third kappa shape index (κ3) is 2.69. The lowest BCUT2D eigenvalue weighted by Gasteiger charge is -2.20. The molecule has 2 heterocycles. The van der Waals surface area contributed by atoms with Crippen LogP contribution in [0, 0.1) is 11.8 Å². The summed E-state index contributed by atoms with van der Waals surface area (Å²) in [5.74, 6) is 5.32. The summed E-state index contributed by atoms with van der Waals surface area (Å²) >= 11 is 0. The van der Waals surface area contributed by atoms with Crippen LogP contribution in [0.2, 0.25) is 0 Å². The van der Waals surface area contributed by atoms with E-state index in [2.05, 4.69) is 17.2 Å². The van der Waals surface area contributed by atoms with Crippen molar-refractivity contribution in [2.75, 3.05) is 6.61 Å². The molecule has 4 nitrogen and oxygen atoms in total. The number of carbonyl (C=O) groups excluding carboxylic acids is 1. The molecule has 4 heteroatoms. The summed E-state index contributed by atoms with van der Waals surface area (Å²) in [6.07, 6.45) is 3.62. The zero-order chi connectivity index (χ0) is 13.9. The lowest BCUT2D eigenvalue weighted by Crippen LogP contribution is -2.41. The fraction of sp³-hybridized carbons (Fsp3) is 0.438. The Bertz CT molecular complexity index is 555. The average Bonchev–Trinajstić information content (AvgIpc) is 3.08. The Kier molecular flexibility index (Phi) is 3.72. The zero-order valence-electron chi connectivity index (χ0n) is 11.1. The van der Waals surface area contributed by atoms with E-state index in [1.54, 1.807) is 24.3 Å². The SMILES string of the molecule is O=C(NC1CC2CCC1O2)c1ccc(C#CCO)cc1. The van der Waals surface area contributed by atoms with Crippen LogP contribution < -0.4 is 5.32 Å². The van der Waals surface area contributed by atoms with E-state index in [-0.39, 0.29) is 24.7 Å². The van der Waals surface area contributed by atoms with E-state index < -0.39 is 0 Å². The zero-order valence-corrected chi connectivity index (χ0v) is 11.1. The number of hydrogen-bond donors (Lipinski definition) is 2. The minimum atomic E-state index is -0.160. The Hall–Kier alpha value is -1.83. The van der Waals surface area contributed by atoms with Crippen LogP contribution >= 0.6 is 0 Å². The molecule has 104 valence electrons. The summed E-state index contributed by atoms with van der Waals surface area (Å²) in [6.45, 7) is -0.160. The topological polar surface area (TPSA) is 58.6 Å². The molecular weight excluding hydrogens is 254 g/mol. The molecule has 0 radical (unpaired) electrons. The first kappa shape index (κ1) is 13.2. The van der Waals surface area contributed by atoms with Crippen molar-refractivity contribution in [1.29, 1.82) is 0 Å². The molecule has 3 rings (SSSR count). The van der Waals surface area contributed by atoms with Crippen molar-refractivity contribution in [2.45, 2.75) is 37.5 Å². The molecule has 20 heavy (non-hydrogen) atoms. The third-order valence-electron chi connectivity index (χ3n) is 3.88. The van der Waals surface area contributed by atoms with Crippen LogP contribution in [0.25, 0.3) is 0 Å². The van der Waals surface area contributed by atoms with Crippen molar-refractivity contribution < 1.29 is 14.6 Å². The lowest BCUT2D eigenvalue weighted by atomic mass is 9.95. The number of rotatable bonds is 2. The number of aliphatic hydroxyl groups excluding tert-OH is 1. The van der Waals surface area contributed by atoms with Gasteiger partial charge in [0.05, 0.1) is 18.2 Å². The van der Waals surface area contributed by atoms with Crippen molar-refractivity contribution in [2.24, 2.45) is 0 Å². The van der Waals surface area contributed by atoms with Crippen LogP contribution in [0.4, 0.5) is 0 Å². The van der Waals surface area contributed by atoms with Gasteiger partial charge in [-0.3, -0.25) is 4.79 Å². The first-order chi connectivity index (χ1) is 9.76. The van der Waals surface area contributed by atoms with Crippen molar-refractivity contribution >= 4 is 5.91 Å². The van der Waals surface area contributed by atoms with Crippen molar-refractivity contribution in [3.8, 4) is 11.8 Å². The van der Waals surface area contributed by atoms with Crippen LogP contribution in [0.15, 0.2) is 24.3 Å². The van der Waals surface area contributed by atoms with E-state index in [4.69, 9.17) is 9.84 Å². The van der Waals surface area contributed by atoms with Gasteiger partial charge >= 0.3 is 0 Å². The molecule has 2 N–H and O–H groups in total. The summed E-state index contributed by atoms with van der Waals surface area (Å²) in [4.78, 5) is 12.2. The average molecular weight is 271 g/mol. The fourth-order valence-electron chi connectivity index (χ4n) is 2.89. The first-order valence-electron chi connectivity index (χ1n) is 6.92. The molecule has 0 spiro atoms. The van der Waals surface area contributed by atoms with Gasteiger partial charge in [-0.25, -0.2) is 0 Å². The van der Waals surface area contributed by atoms with Crippen LogP contribution in [0.5, 0.6) is 0 Å². The molecule has 1 amide bonds. The largest absolute Gasteiger partial charge is 0.384 e. The van der Waals surface area contributed by atoms with Gasteiger partial charge in [0.25, 0.3) is 5.91 Å². The Morgan fingerprint density at radius 1 is 1.35 bits per heavy atom. The number of amides is 1. The van der Waals surface area contributed by atoms with E-state index in [0.717, 1.165) is 24.8 Å². The summed E-state index contributed by atoms with van der Waals surface area (Å²) in [7, 11) is 0. The quantitative estimate of drug-likeness (QED) is 0.791. The molecule has 1 aromatic carbocycles. The van der Waals surface area contributed by atoms with E-state index in [0.29, 0.717) is 11.7 Å². The molecule has 0 aromatic heterocycles. The van der Waals surface area contributed by atoms with Crippen LogP contribution in [0.3, 0.4) is 0 Å². The van der Waals surface area contributed by atoms with Gasteiger partial charge in [0.2, 0.25) is 0 Å². The molecule has 2 aliphatic rings. The summed E-state index contributed by atoms with van der Waals surface area (Å²) in [5, 5.41) is 11.7. The maximum atomic E-state index is 12.2. The Morgan fingerprint density at radius 2 is 2.15 bits per heavy atom. The van der Waals surface area contributed by atoms with E-state index in [1.165, 1.54) is 0 Å². The summed E-state index contributed by atoms with van der Waals surface area (Å²) < 4.78 is 5.73. The highest BCUT2D eigenvalue weighted by molar-refractivity contribution is 5.94. The van der Waals surface area contributed by atoms with Gasteiger partial charge in [0.1, 0.15) is 6.61 Å². The molecule has 0 saturated carbocycles. The van der Waals surface area contributed by atoms with E-state index >= 15 is 0 Å². The smallest absolute Gasteiger partial charge is 0.251 e. The van der Waals surface area contributed by atoms with Gasteiger partial charge in [-0.15, -0.1) is 0 Å². The number of nitrogens with one attached hydrogen (secondary N) is 1. The van der Waals surface area contributed by atoms with Crippen LogP contribution in [-0.2, 0) is 4.74 Å². The maximum absolute atomic E-state index is 12.2. The van der Waals surface area contributed by atoms with Gasteiger partial charge in [0.15, 0.2) is 0 Å². The van der Waals surface area contributed by atoms with Crippen molar-refractivity contribution in [3.63, 3.8) is 0 Å². The van der Waals surface area contributed by atoms with E-state index in [9.17, 15) is 4.79 Å². The standard InChI is InChI=1S/C16H17NO3/c18-9-1-2-11-3-5-12(6-4-11)16(19)17-14-10-13-7-8-15(14)20-13/h3-6,13-15,18H,7-10H2,(H,17,19). The number of carbonyl (C=O) groups is 1. The number of ether oxygens (including phenoxy) is 1. The number of hydrogen-bond acceptors (Lipinski definition) is 3. The normalized spacial score (nSPS) is 26.9. The number of benzene rings is 1. The van der Waals surface area contributed by atoms with Gasteiger partial charge in [-0.1, -0.05) is 11.8 Å². The minimum absolute atomic E-state index is 0.0622. The van der Waals surface area contributed by atoms with Crippen molar-refractivity contribution in [3.05, 3.63) is 35.4 Å². The number of aliphatic hydroxyl groups is 1. The minimum Gasteiger partial charge on any atom is -0.384 e. The highest BCUT2D eigenvalue weighted by Crippen LogP contribution is 2.34. The molecule has 3 atom stereocenters. The fourth-order valence-corrected chi connectivity index (χ4v) is 2.89.